The van der Waals surface area contributed by atoms with Crippen molar-refractivity contribution in [3.8, 4) is 0 Å². The van der Waals surface area contributed by atoms with Crippen LogP contribution in [0.2, 0.25) is 0 Å². The Morgan fingerprint density at radius 3 is 2.64 bits per heavy atom. The molecule has 0 bridgehead atoms. The van der Waals surface area contributed by atoms with Crippen molar-refractivity contribution >= 4 is 0 Å². The van der Waals surface area contributed by atoms with Gasteiger partial charge in [-0.3, -0.25) is 4.74 Å². The molecule has 5 heteroatoms. The summed E-state index contributed by atoms with van der Waals surface area (Å²) in [5, 5.41) is 2.71. The van der Waals surface area contributed by atoms with Crippen molar-refractivity contribution in [2.45, 2.75) is 25.3 Å². The minimum atomic E-state index is -4.51. The van der Waals surface area contributed by atoms with E-state index >= 15 is 0 Å². The number of nitrogens with one attached hydrogen (secondary N) is 1. The molecule has 1 radical (unpaired) electrons. The highest BCUT2D eigenvalue weighted by Gasteiger charge is 2.33. The zero-order valence-electron chi connectivity index (χ0n) is 5.82. The molecule has 0 aromatic rings. The molecule has 65 valence electrons. The Morgan fingerprint density at radius 1 is 1.45 bits per heavy atom. The van der Waals surface area contributed by atoms with Crippen LogP contribution < -0.4 is 5.32 Å². The average molecular weight is 168 g/mol. The summed E-state index contributed by atoms with van der Waals surface area (Å²) in [6.07, 6.45) is -4.17. The molecule has 2 nitrogen and oxygen atoms in total. The van der Waals surface area contributed by atoms with Gasteiger partial charge in [-0.15, -0.1) is 13.2 Å². The molecule has 0 amide bonds. The average Bonchev–Trinajstić information content (AvgIpc) is 1.85. The van der Waals surface area contributed by atoms with Crippen LogP contribution in [0.5, 0.6) is 0 Å². The number of ether oxygens (including phenoxy) is 1. The van der Waals surface area contributed by atoms with Gasteiger partial charge in [0.15, 0.2) is 0 Å². The molecule has 0 aliphatic carbocycles. The molecule has 0 aromatic carbocycles. The Labute approximate surface area is 62.7 Å². The molecule has 1 heterocycles. The SMILES string of the molecule is FC(F)(F)OC1[CH]NCCC1. The maximum atomic E-state index is 11.6. The van der Waals surface area contributed by atoms with Crippen molar-refractivity contribution < 1.29 is 17.9 Å². The van der Waals surface area contributed by atoms with Crippen LogP contribution in [0.4, 0.5) is 13.2 Å². The standard InChI is InChI=1S/C6H9F3NO/c7-6(8,9)11-5-2-1-3-10-4-5/h4-5,10H,1-3H2. The lowest BCUT2D eigenvalue weighted by Gasteiger charge is -2.23. The summed E-state index contributed by atoms with van der Waals surface area (Å²) in [6, 6.07) is 0. The molecular weight excluding hydrogens is 159 g/mol. The normalized spacial score (nSPS) is 27.0. The van der Waals surface area contributed by atoms with Crippen molar-refractivity contribution in [2.24, 2.45) is 0 Å². The van der Waals surface area contributed by atoms with Crippen LogP contribution >= 0.6 is 0 Å². The van der Waals surface area contributed by atoms with Gasteiger partial charge in [-0.25, -0.2) is 0 Å². The fourth-order valence-electron chi connectivity index (χ4n) is 0.968. The van der Waals surface area contributed by atoms with Crippen LogP contribution in [0.15, 0.2) is 0 Å². The third-order valence-electron chi connectivity index (χ3n) is 1.40. The number of rotatable bonds is 1. The summed E-state index contributed by atoms with van der Waals surface area (Å²) in [4.78, 5) is 0. The first-order valence-electron chi connectivity index (χ1n) is 3.39. The summed E-state index contributed by atoms with van der Waals surface area (Å²) in [5.74, 6) is 0. The minimum Gasteiger partial charge on any atom is -0.310 e. The van der Waals surface area contributed by atoms with Crippen LogP contribution in [0.1, 0.15) is 12.8 Å². The van der Waals surface area contributed by atoms with E-state index in [1.54, 1.807) is 0 Å². The van der Waals surface area contributed by atoms with Crippen molar-refractivity contribution in [1.29, 1.82) is 0 Å². The Balaban J connectivity index is 2.24. The lowest BCUT2D eigenvalue weighted by atomic mass is 10.1. The van der Waals surface area contributed by atoms with E-state index in [9.17, 15) is 13.2 Å². The Morgan fingerprint density at radius 2 is 2.18 bits per heavy atom. The third-order valence-corrected chi connectivity index (χ3v) is 1.40. The lowest BCUT2D eigenvalue weighted by molar-refractivity contribution is -0.340. The molecule has 1 aliphatic heterocycles. The fourth-order valence-corrected chi connectivity index (χ4v) is 0.968. The second-order valence-corrected chi connectivity index (χ2v) is 2.37. The van der Waals surface area contributed by atoms with Crippen molar-refractivity contribution in [1.82, 2.24) is 5.32 Å². The molecule has 0 saturated carbocycles. The molecule has 1 N–H and O–H groups in total. The first kappa shape index (κ1) is 8.80. The van der Waals surface area contributed by atoms with Gasteiger partial charge in [-0.1, -0.05) is 0 Å². The zero-order valence-corrected chi connectivity index (χ0v) is 5.82. The number of alkyl halides is 3. The molecule has 1 aliphatic rings. The van der Waals surface area contributed by atoms with E-state index in [0.29, 0.717) is 6.42 Å². The van der Waals surface area contributed by atoms with Gasteiger partial charge in [-0.2, -0.15) is 0 Å². The highest BCUT2D eigenvalue weighted by Crippen LogP contribution is 2.22. The van der Waals surface area contributed by atoms with Gasteiger partial charge in [0.2, 0.25) is 0 Å². The van der Waals surface area contributed by atoms with Gasteiger partial charge in [0, 0.05) is 0 Å². The molecule has 1 atom stereocenters. The van der Waals surface area contributed by atoms with Crippen LogP contribution in [-0.2, 0) is 4.74 Å². The van der Waals surface area contributed by atoms with Gasteiger partial charge in [0.1, 0.15) is 0 Å². The largest absolute Gasteiger partial charge is 0.522 e. The van der Waals surface area contributed by atoms with E-state index in [1.165, 1.54) is 6.54 Å². The van der Waals surface area contributed by atoms with E-state index in [-0.39, 0.29) is 0 Å². The maximum Gasteiger partial charge on any atom is 0.522 e. The van der Waals surface area contributed by atoms with Crippen molar-refractivity contribution in [3.63, 3.8) is 0 Å². The highest BCUT2D eigenvalue weighted by molar-refractivity contribution is 4.80. The maximum absolute atomic E-state index is 11.6. The second kappa shape index (κ2) is 3.40. The molecule has 1 saturated heterocycles. The second-order valence-electron chi connectivity index (χ2n) is 2.37. The Kier molecular flexibility index (Phi) is 2.72. The Hall–Kier alpha value is -0.290. The molecule has 1 fully saturated rings. The minimum absolute atomic E-state index is 0.437. The fraction of sp³-hybridized carbons (Fsp3) is 0.833. The first-order valence-corrected chi connectivity index (χ1v) is 3.39. The topological polar surface area (TPSA) is 21.3 Å². The molecule has 11 heavy (non-hydrogen) atoms. The van der Waals surface area contributed by atoms with Gasteiger partial charge < -0.3 is 5.32 Å². The van der Waals surface area contributed by atoms with Crippen molar-refractivity contribution in [3.05, 3.63) is 6.54 Å². The van der Waals surface area contributed by atoms with E-state index in [1.807, 2.05) is 0 Å². The van der Waals surface area contributed by atoms with Crippen LogP contribution in [-0.4, -0.2) is 19.0 Å². The number of hydrogen-bond donors (Lipinski definition) is 1. The quantitative estimate of drug-likeness (QED) is 0.639. The predicted octanol–water partition coefficient (Wildman–Crippen LogP) is 1.44. The summed E-state index contributed by atoms with van der Waals surface area (Å²) in [7, 11) is 0. The smallest absolute Gasteiger partial charge is 0.310 e. The predicted molar refractivity (Wildman–Crippen MR) is 32.5 cm³/mol. The molecule has 1 unspecified atom stereocenters. The van der Waals surface area contributed by atoms with Crippen LogP contribution in [0.25, 0.3) is 0 Å². The van der Waals surface area contributed by atoms with Gasteiger partial charge in [0.05, 0.1) is 12.6 Å². The van der Waals surface area contributed by atoms with Gasteiger partial charge >= 0.3 is 6.36 Å². The first-order chi connectivity index (χ1) is 5.08. The summed E-state index contributed by atoms with van der Waals surface area (Å²) < 4.78 is 38.5. The molecule has 0 spiro atoms. The zero-order chi connectivity index (χ0) is 8.32. The molecular formula is C6H9F3NO. The van der Waals surface area contributed by atoms with Crippen LogP contribution in [0, 0.1) is 6.54 Å². The summed E-state index contributed by atoms with van der Waals surface area (Å²) in [5.41, 5.74) is 0. The highest BCUT2D eigenvalue weighted by atomic mass is 19.4. The summed E-state index contributed by atoms with van der Waals surface area (Å²) >= 11 is 0. The van der Waals surface area contributed by atoms with E-state index in [2.05, 4.69) is 10.1 Å². The van der Waals surface area contributed by atoms with Gasteiger partial charge in [0.25, 0.3) is 0 Å². The third kappa shape index (κ3) is 3.57. The number of halogens is 3. The van der Waals surface area contributed by atoms with E-state index < -0.39 is 12.5 Å². The van der Waals surface area contributed by atoms with E-state index in [0.717, 1.165) is 13.0 Å². The number of piperidine rings is 1. The Bertz CT molecular complexity index is 119. The van der Waals surface area contributed by atoms with Gasteiger partial charge in [-0.05, 0) is 19.4 Å². The number of hydrogen-bond acceptors (Lipinski definition) is 2. The summed E-state index contributed by atoms with van der Waals surface area (Å²) in [6.45, 7) is 2.08. The molecule has 1 rings (SSSR count). The van der Waals surface area contributed by atoms with Crippen molar-refractivity contribution in [2.75, 3.05) is 6.54 Å². The monoisotopic (exact) mass is 168 g/mol. The molecule has 0 aromatic heterocycles. The van der Waals surface area contributed by atoms with Crippen LogP contribution in [0.3, 0.4) is 0 Å². The van der Waals surface area contributed by atoms with E-state index in [4.69, 9.17) is 0 Å². The lowest BCUT2D eigenvalue weighted by Crippen LogP contribution is -2.34.